The molecule has 0 aromatic heterocycles. The highest BCUT2D eigenvalue weighted by Gasteiger charge is 3.10. The molecule has 0 saturated carbocycles. The molecule has 0 amide bonds. The number of hydrogen-bond donors (Lipinski definition) is 0. The average Bonchev–Trinajstić information content (AvgIpc) is 0.639. The van der Waals surface area contributed by atoms with Gasteiger partial charge < -0.3 is 0 Å². The quantitative estimate of drug-likeness (QED) is 0.0673. The number of halogens is 60. The largest absolute Gasteiger partial charge is 0.462 e. The summed E-state index contributed by atoms with van der Waals surface area (Å²) in [6, 6.07) is 0. The fourth-order valence-electron chi connectivity index (χ4n) is 5.67. The molecule has 0 spiro atoms. The Balaban J connectivity index is 12.5. The van der Waals surface area contributed by atoms with Gasteiger partial charge in [-0.05, 0) is 0 Å². The van der Waals surface area contributed by atoms with E-state index in [1.54, 1.807) is 0 Å². The molecule has 0 aromatic rings. The molecule has 0 saturated heterocycles. The van der Waals surface area contributed by atoms with Gasteiger partial charge >= 0.3 is 168 Å². The fraction of sp³-hybridized carbons (Fsp3) is 1.00. The lowest BCUT2D eigenvalue weighted by Gasteiger charge is -2.60. The van der Waals surface area contributed by atoms with Crippen LogP contribution in [0.25, 0.3) is 0 Å². The first kappa shape index (κ1) is 87.7. The highest BCUT2D eigenvalue weighted by molar-refractivity contribution is 5.30. The highest BCUT2D eigenvalue weighted by Crippen LogP contribution is 2.80. The normalized spacial score (nSPS) is 17.5. The van der Waals surface area contributed by atoms with Gasteiger partial charge in [-0.15, -0.1) is 0 Å². The molecule has 0 fully saturated rings. The Morgan fingerprint density at radius 3 is 0.337 bits per heavy atom. The molecule has 0 unspecified atom stereocenters. The lowest BCUT2D eigenvalue weighted by molar-refractivity contribution is -0.659. The van der Waals surface area contributed by atoms with E-state index < -0.39 is 173 Å². The minimum Gasteiger partial charge on any atom is -0.256 e. The minimum atomic E-state index is -14.5. The Hall–Kier alpha value is -4.32. The molecular formula is C29F60O3. The van der Waals surface area contributed by atoms with Crippen LogP contribution in [-0.2, 0) is 14.2 Å². The summed E-state index contributed by atoms with van der Waals surface area (Å²) in [5.41, 5.74) is -14.5. The van der Waals surface area contributed by atoms with Gasteiger partial charge in [-0.3, -0.25) is 14.2 Å². The maximum absolute atomic E-state index is 16.7. The zero-order valence-corrected chi connectivity index (χ0v) is 38.4. The third kappa shape index (κ3) is 10.8. The van der Waals surface area contributed by atoms with Gasteiger partial charge in [0.05, 0.1) is 0 Å². The second kappa shape index (κ2) is 21.3. The first-order valence-corrected chi connectivity index (χ1v) is 18.8. The van der Waals surface area contributed by atoms with Gasteiger partial charge in [0.25, 0.3) is 5.41 Å². The first-order chi connectivity index (χ1) is 38.4. The number of ether oxygens (including phenoxy) is 3. The van der Waals surface area contributed by atoms with Gasteiger partial charge in [0.1, 0.15) is 0 Å². The van der Waals surface area contributed by atoms with Crippen LogP contribution in [0.2, 0.25) is 0 Å². The van der Waals surface area contributed by atoms with Crippen LogP contribution in [0.3, 0.4) is 0 Å². The van der Waals surface area contributed by atoms with E-state index in [1.165, 1.54) is 0 Å². The van der Waals surface area contributed by atoms with E-state index in [2.05, 4.69) is 0 Å². The Labute approximate surface area is 452 Å². The maximum Gasteiger partial charge on any atom is 0.462 e. The van der Waals surface area contributed by atoms with Crippen molar-refractivity contribution in [1.29, 1.82) is 0 Å². The van der Waals surface area contributed by atoms with Gasteiger partial charge in [0, 0.05) is 0 Å². The lowest BCUT2D eigenvalue weighted by atomic mass is 9.61. The van der Waals surface area contributed by atoms with Crippen molar-refractivity contribution in [1.82, 2.24) is 0 Å². The number of rotatable bonds is 25. The van der Waals surface area contributed by atoms with Crippen LogP contribution in [0.5, 0.6) is 0 Å². The van der Waals surface area contributed by atoms with E-state index in [9.17, 15) is 176 Å². The summed E-state index contributed by atoms with van der Waals surface area (Å²) in [4.78, 5) is 0. The SMILES string of the molecule is FC(F)(F)C(F)(F)C(F)(F)OC(OC(F)(F)C(F)(F)C(F)(F)F)(OC(F)(F)C(F)(F)C(F)(F)F)C(C(F)(F)C(F)(F)F)(C(F)(F)C(F)(F)C(F)(F)C(F)(F)C(F)(F)C(F)(F)C(F)(F)C(F)(F)F)C(F)(F)C(F)(F)C(F)(F)C(F)(F)C(F)(F)C(F)(F)C(F)(F)C(F)(F)F. The Bertz CT molecular complexity index is 2400. The predicted molar refractivity (Wildman–Crippen MR) is 149 cm³/mol. The smallest absolute Gasteiger partial charge is 0.256 e. The molecule has 3 nitrogen and oxygen atoms in total. The van der Waals surface area contributed by atoms with Crippen LogP contribution in [0.1, 0.15) is 0 Å². The topological polar surface area (TPSA) is 27.7 Å². The molecular weight excluding hydrogens is 1540 g/mol. The molecule has 0 aliphatic heterocycles. The Morgan fingerprint density at radius 2 is 0.217 bits per heavy atom. The standard InChI is InChI=1S/C29F60O3/c30-2(31,5(36,37)7(40,41)9(44,45)11(48,49)13(52,53)15(56,57)21(69,70)71)1(4(34,35)20(66,67)68,3(32,33)6(38,39)8(42,43)10(46,47)12(50,51)14(54,55)16(58,59)22(72,73)74)29(90-26(84,85)17(60,61)23(75,76)77,91-27(86,87)18(62,63)24(78,79)80)92-28(88,89)19(64,65)25(81,82)83. The van der Waals surface area contributed by atoms with Crippen LogP contribution < -0.4 is 0 Å². The summed E-state index contributed by atoms with van der Waals surface area (Å²) in [7, 11) is 0. The van der Waals surface area contributed by atoms with Crippen molar-refractivity contribution >= 4 is 0 Å². The molecule has 0 N–H and O–H groups in total. The van der Waals surface area contributed by atoms with Crippen LogP contribution in [-0.4, -0.2) is 168 Å². The van der Waals surface area contributed by atoms with Crippen molar-refractivity contribution in [3.05, 3.63) is 0 Å². The molecule has 0 aromatic carbocycles. The third-order valence-corrected chi connectivity index (χ3v) is 10.6. The van der Waals surface area contributed by atoms with E-state index in [0.29, 0.717) is 0 Å². The van der Waals surface area contributed by atoms with Gasteiger partial charge in [-0.2, -0.15) is 263 Å². The van der Waals surface area contributed by atoms with E-state index in [1.807, 2.05) is 0 Å². The molecule has 0 bridgehead atoms. The first-order valence-electron chi connectivity index (χ1n) is 18.8. The van der Waals surface area contributed by atoms with Crippen LogP contribution >= 0.6 is 0 Å². The van der Waals surface area contributed by atoms with Gasteiger partial charge in [-0.1, -0.05) is 0 Å². The molecule has 0 aliphatic carbocycles. The fourth-order valence-corrected chi connectivity index (χ4v) is 5.67. The van der Waals surface area contributed by atoms with Crippen LogP contribution in [0.15, 0.2) is 0 Å². The number of alkyl halides is 60. The number of hydrogen-bond acceptors (Lipinski definition) is 3. The van der Waals surface area contributed by atoms with Crippen LogP contribution in [0.4, 0.5) is 263 Å². The van der Waals surface area contributed by atoms with Crippen molar-refractivity contribution in [3.8, 4) is 0 Å². The van der Waals surface area contributed by atoms with Gasteiger partial charge in [0.15, 0.2) is 0 Å². The monoisotopic (exact) mass is 1540 g/mol. The summed E-state index contributed by atoms with van der Waals surface area (Å²) in [6.07, 6.45) is -94.5. The van der Waals surface area contributed by atoms with Crippen LogP contribution in [0, 0.1) is 5.41 Å². The van der Waals surface area contributed by atoms with Crippen molar-refractivity contribution in [2.75, 3.05) is 0 Å². The summed E-state index contributed by atoms with van der Waals surface area (Å²) in [5.74, 6) is -224. The summed E-state index contributed by atoms with van der Waals surface area (Å²) < 4.78 is 860. The molecule has 0 atom stereocenters. The zero-order chi connectivity index (χ0) is 76.6. The van der Waals surface area contributed by atoms with Crippen molar-refractivity contribution in [2.24, 2.45) is 5.41 Å². The van der Waals surface area contributed by atoms with Crippen molar-refractivity contribution in [2.45, 2.75) is 168 Å². The molecule has 0 radical (unpaired) electrons. The summed E-state index contributed by atoms with van der Waals surface area (Å²) in [5, 5.41) is 0. The second-order valence-corrected chi connectivity index (χ2v) is 16.5. The summed E-state index contributed by atoms with van der Waals surface area (Å²) >= 11 is 0. The van der Waals surface area contributed by atoms with Gasteiger partial charge in [-0.25, -0.2) is 0 Å². The lowest BCUT2D eigenvalue weighted by Crippen LogP contribution is -2.90. The van der Waals surface area contributed by atoms with E-state index in [-0.39, 0.29) is 14.2 Å². The average molecular weight is 1540 g/mol. The minimum absolute atomic E-state index is 0.247. The molecule has 0 rings (SSSR count). The zero-order valence-electron chi connectivity index (χ0n) is 38.4. The highest BCUT2D eigenvalue weighted by atomic mass is 19.5. The molecule has 0 heterocycles. The predicted octanol–water partition coefficient (Wildman–Crippen LogP) is 19.3. The Morgan fingerprint density at radius 1 is 0.109 bits per heavy atom. The van der Waals surface area contributed by atoms with Gasteiger partial charge in [0.2, 0.25) is 0 Å². The maximum atomic E-state index is 16.7. The van der Waals surface area contributed by atoms with E-state index >= 15 is 87.8 Å². The third-order valence-electron chi connectivity index (χ3n) is 10.6. The molecule has 63 heteroatoms. The summed E-state index contributed by atoms with van der Waals surface area (Å²) in [6.45, 7) is 0. The van der Waals surface area contributed by atoms with E-state index in [4.69, 9.17) is 0 Å². The molecule has 0 aliphatic rings. The van der Waals surface area contributed by atoms with Crippen molar-refractivity contribution in [3.63, 3.8) is 0 Å². The van der Waals surface area contributed by atoms with Crippen molar-refractivity contribution < 1.29 is 278 Å². The second-order valence-electron chi connectivity index (χ2n) is 16.5. The molecule has 92 heavy (non-hydrogen) atoms. The Kier molecular flexibility index (Phi) is 20.3. The molecule has 554 valence electrons. The van der Waals surface area contributed by atoms with E-state index in [0.717, 1.165) is 0 Å².